The second kappa shape index (κ2) is 5.63. The molecule has 1 rings (SSSR count). The number of hydrogen-bond donors (Lipinski definition) is 2. The van der Waals surface area contributed by atoms with E-state index in [9.17, 15) is 9.50 Å². The van der Waals surface area contributed by atoms with Crippen LogP contribution in [0.25, 0.3) is 0 Å². The minimum Gasteiger partial charge on any atom is -0.387 e. The molecular weight excluding hydrogens is 193 g/mol. The molecule has 0 saturated carbocycles. The van der Waals surface area contributed by atoms with E-state index in [4.69, 9.17) is 0 Å². The molecule has 2 atom stereocenters. The predicted molar refractivity (Wildman–Crippen MR) is 59.0 cm³/mol. The van der Waals surface area contributed by atoms with E-state index < -0.39 is 6.10 Å². The zero-order valence-corrected chi connectivity index (χ0v) is 8.78. The summed E-state index contributed by atoms with van der Waals surface area (Å²) in [6.07, 6.45) is 0.905. The molecule has 15 heavy (non-hydrogen) atoms. The number of aliphatic hydroxyl groups is 1. The average Bonchev–Trinajstić information content (AvgIpc) is 2.26. The van der Waals surface area contributed by atoms with Gasteiger partial charge in [-0.2, -0.15) is 0 Å². The average molecular weight is 209 g/mol. The Kier molecular flexibility index (Phi) is 4.46. The lowest BCUT2D eigenvalue weighted by Gasteiger charge is -2.15. The van der Waals surface area contributed by atoms with Gasteiger partial charge in [0.2, 0.25) is 0 Å². The van der Waals surface area contributed by atoms with Gasteiger partial charge in [-0.3, -0.25) is 0 Å². The molecule has 0 fully saturated rings. The van der Waals surface area contributed by atoms with Gasteiger partial charge in [-0.25, -0.2) is 4.39 Å². The van der Waals surface area contributed by atoms with Crippen molar-refractivity contribution in [3.63, 3.8) is 0 Å². The Morgan fingerprint density at radius 3 is 2.80 bits per heavy atom. The number of benzene rings is 1. The van der Waals surface area contributed by atoms with Crippen LogP contribution < -0.4 is 5.32 Å². The molecule has 0 amide bonds. The summed E-state index contributed by atoms with van der Waals surface area (Å²) in [4.78, 5) is 0. The fraction of sp³-hybridized carbons (Fsp3) is 0.333. The Balaban J connectivity index is 2.57. The molecule has 2 N–H and O–H groups in total. The quantitative estimate of drug-likeness (QED) is 0.727. The van der Waals surface area contributed by atoms with Crippen LogP contribution in [0, 0.1) is 5.82 Å². The van der Waals surface area contributed by atoms with Crippen molar-refractivity contribution in [1.29, 1.82) is 0 Å². The first-order valence-corrected chi connectivity index (χ1v) is 4.93. The summed E-state index contributed by atoms with van der Waals surface area (Å²) in [5.41, 5.74) is 0.321. The minimum atomic E-state index is -0.825. The first-order chi connectivity index (χ1) is 7.15. The highest BCUT2D eigenvalue weighted by atomic mass is 19.1. The summed E-state index contributed by atoms with van der Waals surface area (Å²) in [6.45, 7) is 5.84. The number of aliphatic hydroxyl groups excluding tert-OH is 1. The Labute approximate surface area is 89.4 Å². The van der Waals surface area contributed by atoms with Crippen LogP contribution in [0.5, 0.6) is 0 Å². The van der Waals surface area contributed by atoms with Crippen LogP contribution in [0.4, 0.5) is 4.39 Å². The molecule has 0 heterocycles. The van der Waals surface area contributed by atoms with E-state index in [1.54, 1.807) is 24.3 Å². The first-order valence-electron chi connectivity index (χ1n) is 4.93. The summed E-state index contributed by atoms with van der Waals surface area (Å²) in [5, 5.41) is 12.7. The number of hydrogen-bond acceptors (Lipinski definition) is 2. The highest BCUT2D eigenvalue weighted by Crippen LogP contribution is 2.15. The van der Waals surface area contributed by atoms with E-state index in [1.165, 1.54) is 6.07 Å². The van der Waals surface area contributed by atoms with E-state index >= 15 is 0 Å². The van der Waals surface area contributed by atoms with Crippen molar-refractivity contribution in [2.75, 3.05) is 6.54 Å². The summed E-state index contributed by atoms with van der Waals surface area (Å²) in [6, 6.07) is 6.34. The Bertz CT molecular complexity index is 327. The van der Waals surface area contributed by atoms with Crippen LogP contribution in [0.1, 0.15) is 18.6 Å². The largest absolute Gasteiger partial charge is 0.387 e. The number of halogens is 1. The van der Waals surface area contributed by atoms with Crippen LogP contribution in [0.3, 0.4) is 0 Å². The van der Waals surface area contributed by atoms with Crippen molar-refractivity contribution in [2.45, 2.75) is 19.1 Å². The summed E-state index contributed by atoms with van der Waals surface area (Å²) < 4.78 is 13.2. The molecular formula is C12H16FNO. The lowest BCUT2D eigenvalue weighted by Crippen LogP contribution is -2.29. The third kappa shape index (κ3) is 3.46. The molecule has 1 aromatic rings. The standard InChI is InChI=1S/C12H16FNO/c1-3-9(2)14-8-12(15)10-6-4-5-7-11(10)13/h3-7,9,12,14-15H,1,8H2,2H3. The maximum atomic E-state index is 13.2. The molecule has 0 radical (unpaired) electrons. The molecule has 3 heteroatoms. The SMILES string of the molecule is C=CC(C)NCC(O)c1ccccc1F. The van der Waals surface area contributed by atoms with Crippen LogP contribution >= 0.6 is 0 Å². The smallest absolute Gasteiger partial charge is 0.129 e. The van der Waals surface area contributed by atoms with Crippen molar-refractivity contribution in [3.05, 3.63) is 48.3 Å². The van der Waals surface area contributed by atoms with Gasteiger partial charge in [0, 0.05) is 18.2 Å². The third-order valence-electron chi connectivity index (χ3n) is 2.25. The second-order valence-electron chi connectivity index (χ2n) is 3.47. The van der Waals surface area contributed by atoms with Crippen LogP contribution in [-0.2, 0) is 0 Å². The Morgan fingerprint density at radius 2 is 2.20 bits per heavy atom. The van der Waals surface area contributed by atoms with E-state index in [0.717, 1.165) is 0 Å². The second-order valence-corrected chi connectivity index (χ2v) is 3.47. The zero-order chi connectivity index (χ0) is 11.3. The van der Waals surface area contributed by atoms with Crippen molar-refractivity contribution < 1.29 is 9.50 Å². The van der Waals surface area contributed by atoms with E-state index in [1.807, 2.05) is 6.92 Å². The molecule has 0 bridgehead atoms. The van der Waals surface area contributed by atoms with Gasteiger partial charge in [0.15, 0.2) is 0 Å². The lowest BCUT2D eigenvalue weighted by atomic mass is 10.1. The van der Waals surface area contributed by atoms with Gasteiger partial charge in [0.05, 0.1) is 6.10 Å². The fourth-order valence-corrected chi connectivity index (χ4v) is 1.24. The molecule has 0 spiro atoms. The number of nitrogens with one attached hydrogen (secondary N) is 1. The van der Waals surface area contributed by atoms with Gasteiger partial charge in [-0.05, 0) is 13.0 Å². The summed E-state index contributed by atoms with van der Waals surface area (Å²) in [7, 11) is 0. The van der Waals surface area contributed by atoms with Crippen molar-refractivity contribution in [1.82, 2.24) is 5.32 Å². The van der Waals surface area contributed by atoms with Gasteiger partial charge in [0.25, 0.3) is 0 Å². The molecule has 2 nitrogen and oxygen atoms in total. The van der Waals surface area contributed by atoms with Gasteiger partial charge < -0.3 is 10.4 Å². The van der Waals surface area contributed by atoms with Crippen LogP contribution in [0.15, 0.2) is 36.9 Å². The monoisotopic (exact) mass is 209 g/mol. The number of rotatable bonds is 5. The van der Waals surface area contributed by atoms with E-state index in [-0.39, 0.29) is 11.9 Å². The summed E-state index contributed by atoms with van der Waals surface area (Å²) in [5.74, 6) is -0.377. The maximum absolute atomic E-state index is 13.2. The zero-order valence-electron chi connectivity index (χ0n) is 8.78. The molecule has 0 aliphatic heterocycles. The lowest BCUT2D eigenvalue weighted by molar-refractivity contribution is 0.168. The first kappa shape index (κ1) is 11.9. The maximum Gasteiger partial charge on any atom is 0.129 e. The highest BCUT2D eigenvalue weighted by Gasteiger charge is 2.11. The Morgan fingerprint density at radius 1 is 1.53 bits per heavy atom. The normalized spacial score (nSPS) is 14.6. The highest BCUT2D eigenvalue weighted by molar-refractivity contribution is 5.20. The molecule has 0 aromatic heterocycles. The molecule has 82 valence electrons. The molecule has 0 aliphatic rings. The molecule has 0 aliphatic carbocycles. The van der Waals surface area contributed by atoms with Gasteiger partial charge in [0.1, 0.15) is 5.82 Å². The Hall–Kier alpha value is -1.19. The fourth-order valence-electron chi connectivity index (χ4n) is 1.24. The van der Waals surface area contributed by atoms with Crippen molar-refractivity contribution in [2.24, 2.45) is 0 Å². The minimum absolute atomic E-state index is 0.103. The van der Waals surface area contributed by atoms with Gasteiger partial charge in [-0.1, -0.05) is 24.3 Å². The van der Waals surface area contributed by atoms with Gasteiger partial charge in [-0.15, -0.1) is 6.58 Å². The van der Waals surface area contributed by atoms with E-state index in [0.29, 0.717) is 12.1 Å². The molecule has 2 unspecified atom stereocenters. The third-order valence-corrected chi connectivity index (χ3v) is 2.25. The molecule has 1 aromatic carbocycles. The topological polar surface area (TPSA) is 32.3 Å². The van der Waals surface area contributed by atoms with Crippen molar-refractivity contribution >= 4 is 0 Å². The van der Waals surface area contributed by atoms with E-state index in [2.05, 4.69) is 11.9 Å². The molecule has 0 saturated heterocycles. The van der Waals surface area contributed by atoms with Crippen molar-refractivity contribution in [3.8, 4) is 0 Å². The van der Waals surface area contributed by atoms with Gasteiger partial charge >= 0.3 is 0 Å². The summed E-state index contributed by atoms with van der Waals surface area (Å²) >= 11 is 0. The predicted octanol–water partition coefficient (Wildman–Crippen LogP) is 2.02. The van der Waals surface area contributed by atoms with Crippen LogP contribution in [0.2, 0.25) is 0 Å². The van der Waals surface area contributed by atoms with Crippen LogP contribution in [-0.4, -0.2) is 17.7 Å².